The summed E-state index contributed by atoms with van der Waals surface area (Å²) in [4.78, 5) is 10.1. The van der Waals surface area contributed by atoms with Gasteiger partial charge in [0.1, 0.15) is 0 Å². The van der Waals surface area contributed by atoms with E-state index in [0.717, 1.165) is 38.7 Å². The molecule has 0 heterocycles. The summed E-state index contributed by atoms with van der Waals surface area (Å²) in [5.41, 5.74) is 0. The summed E-state index contributed by atoms with van der Waals surface area (Å²) < 4.78 is 5.58. The molecule has 0 aromatic rings. The van der Waals surface area contributed by atoms with E-state index in [0.29, 0.717) is 12.5 Å². The van der Waals surface area contributed by atoms with Crippen molar-refractivity contribution < 1.29 is 14.6 Å². The van der Waals surface area contributed by atoms with Crippen LogP contribution >= 0.6 is 0 Å². The van der Waals surface area contributed by atoms with Crippen LogP contribution in [0.15, 0.2) is 0 Å². The highest BCUT2D eigenvalue weighted by Gasteiger charge is 2.00. The molecule has 0 saturated carbocycles. The van der Waals surface area contributed by atoms with Gasteiger partial charge in [0.2, 0.25) is 0 Å². The first-order valence-corrected chi connectivity index (χ1v) is 5.79. The zero-order valence-corrected chi connectivity index (χ0v) is 10.00. The first kappa shape index (κ1) is 15.0. The van der Waals surface area contributed by atoms with Gasteiger partial charge in [-0.05, 0) is 26.2 Å². The van der Waals surface area contributed by atoms with Crippen molar-refractivity contribution in [3.8, 4) is 11.8 Å². The second-order valence-corrected chi connectivity index (χ2v) is 3.74. The van der Waals surface area contributed by atoms with Gasteiger partial charge in [0.15, 0.2) is 0 Å². The third kappa shape index (κ3) is 11.1. The minimum atomic E-state index is -1.06. The SMILES string of the molecule is [CH2]CCCC(C)OCCCCC#CC(=O)O. The van der Waals surface area contributed by atoms with Crippen molar-refractivity contribution in [1.82, 2.24) is 0 Å². The molecule has 0 aromatic carbocycles. The highest BCUT2D eigenvalue weighted by atomic mass is 16.5. The molecule has 0 aliphatic heterocycles. The summed E-state index contributed by atoms with van der Waals surface area (Å²) in [6.07, 6.45) is 5.87. The maximum absolute atomic E-state index is 10.1. The predicted octanol–water partition coefficient (Wildman–Crippen LogP) is 2.65. The van der Waals surface area contributed by atoms with Crippen LogP contribution in [0.2, 0.25) is 0 Å². The first-order chi connectivity index (χ1) is 7.66. The zero-order chi connectivity index (χ0) is 12.2. The molecule has 0 aliphatic rings. The Hall–Kier alpha value is -1.01. The van der Waals surface area contributed by atoms with Crippen LogP contribution in [0, 0.1) is 18.8 Å². The van der Waals surface area contributed by atoms with Crippen molar-refractivity contribution in [1.29, 1.82) is 0 Å². The minimum absolute atomic E-state index is 0.298. The molecule has 0 saturated heterocycles. The number of carbonyl (C=O) groups is 1. The van der Waals surface area contributed by atoms with Crippen LogP contribution in [0.5, 0.6) is 0 Å². The quantitative estimate of drug-likeness (QED) is 0.510. The Balaban J connectivity index is 3.27. The maximum atomic E-state index is 10.1. The molecular weight excluding hydrogens is 204 g/mol. The Bertz CT molecular complexity index is 237. The van der Waals surface area contributed by atoms with E-state index in [-0.39, 0.29) is 0 Å². The van der Waals surface area contributed by atoms with Gasteiger partial charge in [-0.2, -0.15) is 0 Å². The Kier molecular flexibility index (Phi) is 9.84. The lowest BCUT2D eigenvalue weighted by Gasteiger charge is -2.11. The van der Waals surface area contributed by atoms with E-state index in [1.807, 2.05) is 0 Å². The number of rotatable bonds is 8. The molecule has 1 radical (unpaired) electrons. The third-order valence-electron chi connectivity index (χ3n) is 2.15. The molecule has 0 spiro atoms. The van der Waals surface area contributed by atoms with Gasteiger partial charge in [0.05, 0.1) is 6.10 Å². The van der Waals surface area contributed by atoms with E-state index in [1.165, 1.54) is 0 Å². The molecule has 3 nitrogen and oxygen atoms in total. The summed E-state index contributed by atoms with van der Waals surface area (Å²) in [5, 5.41) is 8.27. The van der Waals surface area contributed by atoms with Gasteiger partial charge in [0, 0.05) is 18.9 Å². The average Bonchev–Trinajstić information content (AvgIpc) is 2.24. The number of aliphatic carboxylic acids is 1. The molecule has 16 heavy (non-hydrogen) atoms. The average molecular weight is 225 g/mol. The highest BCUT2D eigenvalue weighted by molar-refractivity contribution is 5.86. The van der Waals surface area contributed by atoms with Crippen LogP contribution in [0.4, 0.5) is 0 Å². The summed E-state index contributed by atoms with van der Waals surface area (Å²) in [6, 6.07) is 0. The van der Waals surface area contributed by atoms with Gasteiger partial charge >= 0.3 is 5.97 Å². The molecule has 1 atom stereocenters. The van der Waals surface area contributed by atoms with Gasteiger partial charge in [-0.3, -0.25) is 0 Å². The van der Waals surface area contributed by atoms with Crippen LogP contribution in [-0.2, 0) is 9.53 Å². The van der Waals surface area contributed by atoms with E-state index in [4.69, 9.17) is 9.84 Å². The van der Waals surface area contributed by atoms with Crippen molar-refractivity contribution in [2.45, 2.75) is 51.6 Å². The van der Waals surface area contributed by atoms with E-state index in [2.05, 4.69) is 25.7 Å². The number of hydrogen-bond donors (Lipinski definition) is 1. The summed E-state index contributed by atoms with van der Waals surface area (Å²) >= 11 is 0. The Labute approximate surface area is 98.2 Å². The van der Waals surface area contributed by atoms with Crippen LogP contribution in [0.1, 0.15) is 45.4 Å². The van der Waals surface area contributed by atoms with Gasteiger partial charge < -0.3 is 9.84 Å². The summed E-state index contributed by atoms with van der Waals surface area (Å²) in [6.45, 7) is 6.58. The Morgan fingerprint density at radius 3 is 2.81 bits per heavy atom. The van der Waals surface area contributed by atoms with Crippen molar-refractivity contribution in [3.05, 3.63) is 6.92 Å². The minimum Gasteiger partial charge on any atom is -0.472 e. The monoisotopic (exact) mass is 225 g/mol. The topological polar surface area (TPSA) is 46.5 Å². The molecule has 0 fully saturated rings. The lowest BCUT2D eigenvalue weighted by molar-refractivity contribution is -0.130. The smallest absolute Gasteiger partial charge is 0.381 e. The lowest BCUT2D eigenvalue weighted by Crippen LogP contribution is -2.08. The van der Waals surface area contributed by atoms with E-state index < -0.39 is 5.97 Å². The zero-order valence-electron chi connectivity index (χ0n) is 10.00. The first-order valence-electron chi connectivity index (χ1n) is 5.79. The molecule has 3 heteroatoms. The number of hydrogen-bond acceptors (Lipinski definition) is 2. The van der Waals surface area contributed by atoms with Gasteiger partial charge in [-0.15, -0.1) is 0 Å². The fourth-order valence-electron chi connectivity index (χ4n) is 1.25. The normalized spacial score (nSPS) is 11.6. The fourth-order valence-corrected chi connectivity index (χ4v) is 1.25. The predicted molar refractivity (Wildman–Crippen MR) is 63.9 cm³/mol. The van der Waals surface area contributed by atoms with E-state index in [1.54, 1.807) is 0 Å². The number of carboxylic acids is 1. The van der Waals surface area contributed by atoms with Gasteiger partial charge in [-0.25, -0.2) is 4.79 Å². The number of unbranched alkanes of at least 4 members (excludes halogenated alkanes) is 3. The molecule has 0 rings (SSSR count). The Morgan fingerprint density at radius 1 is 1.44 bits per heavy atom. The molecule has 1 N–H and O–H groups in total. The van der Waals surface area contributed by atoms with Crippen LogP contribution in [0.3, 0.4) is 0 Å². The molecule has 0 aromatic heterocycles. The van der Waals surface area contributed by atoms with Gasteiger partial charge in [-0.1, -0.05) is 25.7 Å². The molecule has 0 aliphatic carbocycles. The van der Waals surface area contributed by atoms with Crippen molar-refractivity contribution in [2.75, 3.05) is 6.61 Å². The molecule has 0 bridgehead atoms. The maximum Gasteiger partial charge on any atom is 0.381 e. The van der Waals surface area contributed by atoms with Crippen molar-refractivity contribution in [3.63, 3.8) is 0 Å². The van der Waals surface area contributed by atoms with Crippen LogP contribution in [0.25, 0.3) is 0 Å². The number of carboxylic acid groups (broad SMARTS) is 1. The molecule has 1 unspecified atom stereocenters. The summed E-state index contributed by atoms with van der Waals surface area (Å²) in [5.74, 6) is 3.63. The second-order valence-electron chi connectivity index (χ2n) is 3.74. The number of ether oxygens (including phenoxy) is 1. The van der Waals surface area contributed by atoms with Crippen molar-refractivity contribution in [2.24, 2.45) is 0 Å². The lowest BCUT2D eigenvalue weighted by atomic mass is 10.2. The van der Waals surface area contributed by atoms with Crippen LogP contribution in [-0.4, -0.2) is 23.8 Å². The van der Waals surface area contributed by atoms with Gasteiger partial charge in [0.25, 0.3) is 0 Å². The highest BCUT2D eigenvalue weighted by Crippen LogP contribution is 2.05. The fraction of sp³-hybridized carbons (Fsp3) is 0.692. The van der Waals surface area contributed by atoms with Crippen molar-refractivity contribution >= 4 is 5.97 Å². The molecule has 91 valence electrons. The summed E-state index contributed by atoms with van der Waals surface area (Å²) in [7, 11) is 0. The van der Waals surface area contributed by atoms with E-state index in [9.17, 15) is 4.79 Å². The molecule has 0 amide bonds. The van der Waals surface area contributed by atoms with E-state index >= 15 is 0 Å². The standard InChI is InChI=1S/C13H21O3/c1-3-4-9-12(2)16-11-8-6-5-7-10-13(14)15/h12H,1,3-6,8-9,11H2,2H3,(H,14,15). The van der Waals surface area contributed by atoms with Crippen LogP contribution < -0.4 is 0 Å². The Morgan fingerprint density at radius 2 is 2.19 bits per heavy atom. The second kappa shape index (κ2) is 10.5. The largest absolute Gasteiger partial charge is 0.472 e. The third-order valence-corrected chi connectivity index (χ3v) is 2.15. The molecular formula is C13H21O3.